The number of ether oxygens (including phenoxy) is 1. The van der Waals surface area contributed by atoms with Gasteiger partial charge < -0.3 is 4.74 Å². The average molecular weight is 309 g/mol. The van der Waals surface area contributed by atoms with E-state index in [1.54, 1.807) is 30.4 Å². The van der Waals surface area contributed by atoms with E-state index in [2.05, 4.69) is 10.5 Å². The first kappa shape index (κ1) is 13.7. The maximum atomic E-state index is 5.98. The van der Waals surface area contributed by atoms with Crippen LogP contribution in [-0.2, 0) is 3.79 Å². The maximum absolute atomic E-state index is 5.98. The summed E-state index contributed by atoms with van der Waals surface area (Å²) in [6.45, 7) is 0.787. The highest BCUT2D eigenvalue weighted by molar-refractivity contribution is 6.67. The van der Waals surface area contributed by atoms with Gasteiger partial charge in [-0.2, -0.15) is 10.2 Å². The van der Waals surface area contributed by atoms with Gasteiger partial charge in [-0.25, -0.2) is 5.43 Å². The predicted octanol–water partition coefficient (Wildman–Crippen LogP) is 3.22. The molecule has 0 aromatic heterocycles. The molecule has 0 amide bonds. The van der Waals surface area contributed by atoms with Crippen molar-refractivity contribution in [2.75, 3.05) is 18.8 Å². The van der Waals surface area contributed by atoms with Gasteiger partial charge in [-0.3, -0.25) is 0 Å². The van der Waals surface area contributed by atoms with Crippen LogP contribution >= 0.6 is 34.8 Å². The summed E-state index contributed by atoms with van der Waals surface area (Å²) in [5, 5.41) is 5.81. The largest absolute Gasteiger partial charge is 0.497 e. The Bertz CT molecular complexity index is 459. The summed E-state index contributed by atoms with van der Waals surface area (Å²) < 4.78 is 3.60. The molecular weight excluding hydrogens is 297 g/mol. The third-order valence-electron chi connectivity index (χ3n) is 2.47. The van der Waals surface area contributed by atoms with E-state index in [9.17, 15) is 0 Å². The molecule has 1 heterocycles. The van der Waals surface area contributed by atoms with E-state index in [4.69, 9.17) is 39.5 Å². The Kier molecular flexibility index (Phi) is 4.22. The summed E-state index contributed by atoms with van der Waals surface area (Å²) in [4.78, 5) is 0. The number of hydrogen-bond donors (Lipinski definition) is 1. The van der Waals surface area contributed by atoms with Crippen LogP contribution in [0.3, 0.4) is 0 Å². The Morgan fingerprint density at radius 1 is 1.39 bits per heavy atom. The molecule has 1 aromatic carbocycles. The van der Waals surface area contributed by atoms with Crippen molar-refractivity contribution in [2.24, 2.45) is 5.10 Å². The Morgan fingerprint density at radius 2 is 2.17 bits per heavy atom. The first-order chi connectivity index (χ1) is 8.52. The van der Waals surface area contributed by atoms with Gasteiger partial charge in [0.15, 0.2) is 0 Å². The van der Waals surface area contributed by atoms with Crippen LogP contribution in [0.25, 0.3) is 0 Å². The normalized spacial score (nSPS) is 15.9. The van der Waals surface area contributed by atoms with Crippen molar-refractivity contribution in [1.29, 1.82) is 0 Å². The molecular formula is C11H12Cl3N3O. The van der Waals surface area contributed by atoms with Crippen LogP contribution in [0.5, 0.6) is 5.75 Å². The van der Waals surface area contributed by atoms with Crippen LogP contribution in [0, 0.1) is 0 Å². The van der Waals surface area contributed by atoms with Crippen molar-refractivity contribution >= 4 is 46.7 Å². The molecule has 0 spiro atoms. The van der Waals surface area contributed by atoms with Crippen LogP contribution in [0.2, 0.25) is 0 Å². The number of rotatable bonds is 2. The third kappa shape index (κ3) is 3.01. The van der Waals surface area contributed by atoms with Gasteiger partial charge in [0.25, 0.3) is 0 Å². The van der Waals surface area contributed by atoms with Crippen LogP contribution in [0.4, 0.5) is 5.69 Å². The molecule has 18 heavy (non-hydrogen) atoms. The molecule has 4 nitrogen and oxygen atoms in total. The topological polar surface area (TPSA) is 36.9 Å². The molecule has 98 valence electrons. The van der Waals surface area contributed by atoms with Gasteiger partial charge in [-0.05, 0) is 24.6 Å². The number of hydrazine groups is 1. The minimum absolute atomic E-state index is 0.512. The zero-order valence-corrected chi connectivity index (χ0v) is 11.9. The van der Waals surface area contributed by atoms with Gasteiger partial charge in [-0.1, -0.05) is 34.8 Å². The number of nitrogens with one attached hydrogen (secondary N) is 1. The Balaban J connectivity index is 2.45. The van der Waals surface area contributed by atoms with Crippen LogP contribution in [-0.4, -0.2) is 19.9 Å². The quantitative estimate of drug-likeness (QED) is 0.852. The van der Waals surface area contributed by atoms with Gasteiger partial charge in [0.05, 0.1) is 12.8 Å². The van der Waals surface area contributed by atoms with Crippen molar-refractivity contribution in [3.05, 3.63) is 23.8 Å². The second-order valence-electron chi connectivity index (χ2n) is 3.69. The maximum Gasteiger partial charge on any atom is 0.218 e. The molecule has 0 fully saturated rings. The van der Waals surface area contributed by atoms with E-state index in [-0.39, 0.29) is 0 Å². The summed E-state index contributed by atoms with van der Waals surface area (Å²) >= 11 is 17.9. The summed E-state index contributed by atoms with van der Waals surface area (Å²) in [5.74, 6) is 0.626. The first-order valence-electron chi connectivity index (χ1n) is 5.33. The molecule has 1 aromatic rings. The van der Waals surface area contributed by atoms with Crippen LogP contribution in [0.1, 0.15) is 12.0 Å². The van der Waals surface area contributed by atoms with E-state index < -0.39 is 3.79 Å². The second-order valence-corrected chi connectivity index (χ2v) is 5.97. The van der Waals surface area contributed by atoms with E-state index in [0.717, 1.165) is 13.0 Å². The number of halogens is 3. The molecule has 0 saturated heterocycles. The number of hydrogen-bond acceptors (Lipinski definition) is 4. The lowest BCUT2D eigenvalue weighted by Crippen LogP contribution is -2.38. The minimum Gasteiger partial charge on any atom is -0.497 e. The number of anilines is 1. The summed E-state index contributed by atoms with van der Waals surface area (Å²) in [6.07, 6.45) is 2.68. The standard InChI is InChI=1S/C11H12Cl3N3O/c1-18-8-3-4-10(9(7-8)11(12,13)14)17-15-5-2-6-16-17/h3-5,7,16H,2,6H2,1H3. The highest BCUT2D eigenvalue weighted by atomic mass is 35.6. The number of methoxy groups -OCH3 is 1. The number of benzene rings is 1. The molecule has 0 radical (unpaired) electrons. The lowest BCUT2D eigenvalue weighted by molar-refractivity contribution is 0.414. The molecule has 1 N–H and O–H groups in total. The van der Waals surface area contributed by atoms with Gasteiger partial charge >= 0.3 is 0 Å². The highest BCUT2D eigenvalue weighted by Gasteiger charge is 2.29. The van der Waals surface area contributed by atoms with Crippen molar-refractivity contribution in [3.8, 4) is 5.75 Å². The van der Waals surface area contributed by atoms with Gasteiger partial charge in [0, 0.05) is 18.3 Å². The van der Waals surface area contributed by atoms with Crippen molar-refractivity contribution in [3.63, 3.8) is 0 Å². The smallest absolute Gasteiger partial charge is 0.218 e. The third-order valence-corrected chi connectivity index (χ3v) is 3.08. The Hall–Kier alpha value is -0.680. The van der Waals surface area contributed by atoms with Gasteiger partial charge in [0.2, 0.25) is 3.79 Å². The van der Waals surface area contributed by atoms with Crippen molar-refractivity contribution in [2.45, 2.75) is 10.2 Å². The molecule has 1 aliphatic heterocycles. The molecule has 0 saturated carbocycles. The van der Waals surface area contributed by atoms with Crippen LogP contribution in [0.15, 0.2) is 23.3 Å². The first-order valence-corrected chi connectivity index (χ1v) is 6.47. The van der Waals surface area contributed by atoms with Gasteiger partial charge in [0.1, 0.15) is 5.75 Å². The Morgan fingerprint density at radius 3 is 2.72 bits per heavy atom. The molecule has 1 aliphatic rings. The lowest BCUT2D eigenvalue weighted by Gasteiger charge is -2.27. The minimum atomic E-state index is -1.54. The van der Waals surface area contributed by atoms with Crippen LogP contribution < -0.4 is 15.3 Å². The fourth-order valence-corrected chi connectivity index (χ4v) is 2.07. The number of alkyl halides is 3. The second kappa shape index (κ2) is 5.53. The molecule has 7 heteroatoms. The number of nitrogens with zero attached hydrogens (tertiary/aromatic N) is 2. The van der Waals surface area contributed by atoms with E-state index in [0.29, 0.717) is 17.0 Å². The molecule has 0 bridgehead atoms. The molecule has 2 rings (SSSR count). The zero-order chi connectivity index (χ0) is 13.2. The summed E-state index contributed by atoms with van der Waals surface area (Å²) in [7, 11) is 1.56. The predicted molar refractivity (Wildman–Crippen MR) is 75.8 cm³/mol. The monoisotopic (exact) mass is 307 g/mol. The van der Waals surface area contributed by atoms with E-state index >= 15 is 0 Å². The fraction of sp³-hybridized carbons (Fsp3) is 0.364. The zero-order valence-electron chi connectivity index (χ0n) is 9.66. The number of hydrazone groups is 1. The molecule has 0 atom stereocenters. The van der Waals surface area contributed by atoms with Crippen molar-refractivity contribution in [1.82, 2.24) is 5.43 Å². The molecule has 0 aliphatic carbocycles. The average Bonchev–Trinajstić information content (AvgIpc) is 2.38. The summed E-state index contributed by atoms with van der Waals surface area (Å²) in [5.41, 5.74) is 4.30. The Labute approximate surface area is 120 Å². The van der Waals surface area contributed by atoms with Gasteiger partial charge in [-0.15, -0.1) is 0 Å². The SMILES string of the molecule is COc1ccc(N2N=CCCN2)c(C(Cl)(Cl)Cl)c1. The fourth-order valence-electron chi connectivity index (χ4n) is 1.62. The van der Waals surface area contributed by atoms with E-state index in [1.165, 1.54) is 0 Å². The van der Waals surface area contributed by atoms with E-state index in [1.807, 2.05) is 6.21 Å². The highest BCUT2D eigenvalue weighted by Crippen LogP contribution is 2.44. The lowest BCUT2D eigenvalue weighted by atomic mass is 10.2. The van der Waals surface area contributed by atoms with Crippen molar-refractivity contribution < 1.29 is 4.74 Å². The molecule has 0 unspecified atom stereocenters. The summed E-state index contributed by atoms with van der Waals surface area (Å²) in [6, 6.07) is 5.28.